The molecule has 1 aromatic carbocycles. The first kappa shape index (κ1) is 8.69. The number of rotatable bonds is 1. The zero-order valence-electron chi connectivity index (χ0n) is 6.71. The number of nitrogens with zero attached hydrogens (tertiary/aromatic N) is 1. The number of hydrogen-bond acceptors (Lipinski definition) is 2. The molecule has 0 bridgehead atoms. The Bertz CT molecular complexity index is 326. The van der Waals surface area contributed by atoms with Crippen LogP contribution in [0.4, 0.5) is 4.39 Å². The fourth-order valence-electron chi connectivity index (χ4n) is 0.876. The smallest absolute Gasteiger partial charge is 0.127 e. The van der Waals surface area contributed by atoms with E-state index in [1.807, 2.05) is 6.07 Å². The van der Waals surface area contributed by atoms with E-state index in [9.17, 15) is 4.39 Å². The van der Waals surface area contributed by atoms with E-state index in [1.165, 1.54) is 18.2 Å². The van der Waals surface area contributed by atoms with Crippen molar-refractivity contribution in [2.45, 2.75) is 12.5 Å². The summed E-state index contributed by atoms with van der Waals surface area (Å²) < 4.78 is 12.7. The fourth-order valence-corrected chi connectivity index (χ4v) is 0.876. The number of benzene rings is 1. The van der Waals surface area contributed by atoms with Gasteiger partial charge in [0.2, 0.25) is 0 Å². The lowest BCUT2D eigenvalue weighted by molar-refractivity contribution is 0.603. The number of halogens is 1. The SMILES string of the molecule is C[C@@](N)(C#N)c1cccc(F)c1. The summed E-state index contributed by atoms with van der Waals surface area (Å²) in [7, 11) is 0. The van der Waals surface area contributed by atoms with E-state index in [0.29, 0.717) is 5.56 Å². The molecule has 0 saturated carbocycles. The third kappa shape index (κ3) is 1.60. The second-order valence-electron chi connectivity index (χ2n) is 2.82. The van der Waals surface area contributed by atoms with Crippen LogP contribution in [-0.4, -0.2) is 0 Å². The Balaban J connectivity index is 3.14. The molecular weight excluding hydrogens is 155 g/mol. The van der Waals surface area contributed by atoms with Gasteiger partial charge in [0, 0.05) is 0 Å². The van der Waals surface area contributed by atoms with Gasteiger partial charge in [-0.1, -0.05) is 12.1 Å². The molecule has 12 heavy (non-hydrogen) atoms. The third-order valence-electron chi connectivity index (χ3n) is 1.66. The van der Waals surface area contributed by atoms with Gasteiger partial charge in [0.15, 0.2) is 0 Å². The van der Waals surface area contributed by atoms with Crippen molar-refractivity contribution in [3.8, 4) is 6.07 Å². The van der Waals surface area contributed by atoms with E-state index in [0.717, 1.165) is 0 Å². The Hall–Kier alpha value is -1.40. The standard InChI is InChI=1S/C9H9FN2/c1-9(12,6-11)7-3-2-4-8(10)5-7/h2-5H,12H2,1H3/t9-/m1/s1. The predicted molar refractivity (Wildman–Crippen MR) is 43.6 cm³/mol. The first-order valence-corrected chi connectivity index (χ1v) is 3.52. The van der Waals surface area contributed by atoms with Gasteiger partial charge in [0.05, 0.1) is 6.07 Å². The van der Waals surface area contributed by atoms with E-state index in [1.54, 1.807) is 13.0 Å². The molecule has 0 aromatic heterocycles. The van der Waals surface area contributed by atoms with Gasteiger partial charge in [-0.3, -0.25) is 0 Å². The van der Waals surface area contributed by atoms with E-state index in [2.05, 4.69) is 0 Å². The van der Waals surface area contributed by atoms with Gasteiger partial charge in [-0.2, -0.15) is 5.26 Å². The van der Waals surface area contributed by atoms with Gasteiger partial charge >= 0.3 is 0 Å². The van der Waals surface area contributed by atoms with Crippen LogP contribution in [0.2, 0.25) is 0 Å². The summed E-state index contributed by atoms with van der Waals surface area (Å²) in [5, 5.41) is 8.64. The number of nitrogens with two attached hydrogens (primary N) is 1. The summed E-state index contributed by atoms with van der Waals surface area (Å²) in [6.07, 6.45) is 0. The van der Waals surface area contributed by atoms with Crippen LogP contribution in [0.3, 0.4) is 0 Å². The average molecular weight is 164 g/mol. The molecule has 0 heterocycles. The highest BCUT2D eigenvalue weighted by Gasteiger charge is 2.20. The van der Waals surface area contributed by atoms with Crippen molar-refractivity contribution in [1.82, 2.24) is 0 Å². The van der Waals surface area contributed by atoms with Gasteiger partial charge < -0.3 is 5.73 Å². The van der Waals surface area contributed by atoms with Crippen LogP contribution < -0.4 is 5.73 Å². The monoisotopic (exact) mass is 164 g/mol. The third-order valence-corrected chi connectivity index (χ3v) is 1.66. The molecular formula is C9H9FN2. The lowest BCUT2D eigenvalue weighted by atomic mass is 9.95. The Morgan fingerprint density at radius 3 is 2.75 bits per heavy atom. The molecule has 0 saturated heterocycles. The summed E-state index contributed by atoms with van der Waals surface area (Å²) in [5.41, 5.74) is 4.96. The maximum Gasteiger partial charge on any atom is 0.127 e. The van der Waals surface area contributed by atoms with Crippen LogP contribution in [-0.2, 0) is 5.54 Å². The maximum absolute atomic E-state index is 12.7. The molecule has 62 valence electrons. The largest absolute Gasteiger partial charge is 0.310 e. The Labute approximate surface area is 70.4 Å². The summed E-state index contributed by atoms with van der Waals surface area (Å²) in [4.78, 5) is 0. The molecule has 0 unspecified atom stereocenters. The van der Waals surface area contributed by atoms with Gasteiger partial charge in [0.25, 0.3) is 0 Å². The lowest BCUT2D eigenvalue weighted by Gasteiger charge is -2.15. The van der Waals surface area contributed by atoms with E-state index >= 15 is 0 Å². The highest BCUT2D eigenvalue weighted by Crippen LogP contribution is 2.16. The minimum Gasteiger partial charge on any atom is -0.310 e. The van der Waals surface area contributed by atoms with E-state index in [-0.39, 0.29) is 5.82 Å². The molecule has 1 aromatic rings. The molecule has 2 N–H and O–H groups in total. The second kappa shape index (κ2) is 2.92. The molecule has 1 atom stereocenters. The van der Waals surface area contributed by atoms with Crippen molar-refractivity contribution >= 4 is 0 Å². The van der Waals surface area contributed by atoms with Gasteiger partial charge in [-0.15, -0.1) is 0 Å². The zero-order valence-corrected chi connectivity index (χ0v) is 6.71. The van der Waals surface area contributed by atoms with E-state index in [4.69, 9.17) is 11.0 Å². The molecule has 0 aliphatic heterocycles. The zero-order chi connectivity index (χ0) is 9.19. The molecule has 0 spiro atoms. The van der Waals surface area contributed by atoms with Crippen LogP contribution in [0.1, 0.15) is 12.5 Å². The normalized spacial score (nSPS) is 14.8. The van der Waals surface area contributed by atoms with Gasteiger partial charge in [-0.25, -0.2) is 4.39 Å². The average Bonchev–Trinajstić information content (AvgIpc) is 2.05. The predicted octanol–water partition coefficient (Wildman–Crippen LogP) is 1.52. The first-order valence-electron chi connectivity index (χ1n) is 3.52. The quantitative estimate of drug-likeness (QED) is 0.684. The first-order chi connectivity index (χ1) is 5.56. The second-order valence-corrected chi connectivity index (χ2v) is 2.82. The number of nitriles is 1. The summed E-state index contributed by atoms with van der Waals surface area (Å²) >= 11 is 0. The van der Waals surface area contributed by atoms with Crippen LogP contribution >= 0.6 is 0 Å². The van der Waals surface area contributed by atoms with Crippen molar-refractivity contribution in [1.29, 1.82) is 5.26 Å². The van der Waals surface area contributed by atoms with Crippen molar-refractivity contribution in [2.75, 3.05) is 0 Å². The summed E-state index contributed by atoms with van der Waals surface area (Å²) in [5.74, 6) is -0.376. The molecule has 3 heteroatoms. The number of hydrogen-bond donors (Lipinski definition) is 1. The van der Waals surface area contributed by atoms with E-state index < -0.39 is 5.54 Å². The highest BCUT2D eigenvalue weighted by atomic mass is 19.1. The molecule has 2 nitrogen and oxygen atoms in total. The molecule has 0 fully saturated rings. The van der Waals surface area contributed by atoms with Crippen molar-refractivity contribution in [3.63, 3.8) is 0 Å². The van der Waals surface area contributed by atoms with Crippen molar-refractivity contribution < 1.29 is 4.39 Å². The van der Waals surface area contributed by atoms with Gasteiger partial charge in [0.1, 0.15) is 11.4 Å². The topological polar surface area (TPSA) is 49.8 Å². The summed E-state index contributed by atoms with van der Waals surface area (Å²) in [6, 6.07) is 7.65. The Morgan fingerprint density at radius 2 is 2.25 bits per heavy atom. The van der Waals surface area contributed by atoms with Crippen LogP contribution in [0.25, 0.3) is 0 Å². The molecule has 0 radical (unpaired) electrons. The van der Waals surface area contributed by atoms with Gasteiger partial charge in [-0.05, 0) is 24.6 Å². The maximum atomic E-state index is 12.7. The van der Waals surface area contributed by atoms with Crippen LogP contribution in [0, 0.1) is 17.1 Å². The lowest BCUT2D eigenvalue weighted by Crippen LogP contribution is -2.30. The van der Waals surface area contributed by atoms with Crippen LogP contribution in [0.15, 0.2) is 24.3 Å². The fraction of sp³-hybridized carbons (Fsp3) is 0.222. The van der Waals surface area contributed by atoms with Crippen molar-refractivity contribution in [3.05, 3.63) is 35.6 Å². The minimum atomic E-state index is -1.11. The minimum absolute atomic E-state index is 0.376. The highest BCUT2D eigenvalue weighted by molar-refractivity contribution is 5.29. The molecule has 1 rings (SSSR count). The molecule has 0 amide bonds. The molecule has 0 aliphatic rings. The summed E-state index contributed by atoms with van der Waals surface area (Å²) in [6.45, 7) is 1.54. The Morgan fingerprint density at radius 1 is 1.58 bits per heavy atom. The Kier molecular flexibility index (Phi) is 2.11. The van der Waals surface area contributed by atoms with Crippen LogP contribution in [0.5, 0.6) is 0 Å². The van der Waals surface area contributed by atoms with Crippen molar-refractivity contribution in [2.24, 2.45) is 5.73 Å². The molecule has 0 aliphatic carbocycles.